The van der Waals surface area contributed by atoms with Gasteiger partial charge in [-0.1, -0.05) is 0 Å². The number of pyridine rings is 1. The van der Waals surface area contributed by atoms with Gasteiger partial charge in [-0.25, -0.2) is 9.67 Å². The van der Waals surface area contributed by atoms with Crippen LogP contribution in [0.1, 0.15) is 31.2 Å². The van der Waals surface area contributed by atoms with Gasteiger partial charge >= 0.3 is 0 Å². The van der Waals surface area contributed by atoms with E-state index < -0.39 is 0 Å². The van der Waals surface area contributed by atoms with Crippen LogP contribution in [-0.2, 0) is 16.1 Å². The van der Waals surface area contributed by atoms with Gasteiger partial charge in [-0.05, 0) is 43.0 Å². The fourth-order valence-corrected chi connectivity index (χ4v) is 2.55. The van der Waals surface area contributed by atoms with Crippen molar-refractivity contribution in [3.63, 3.8) is 0 Å². The number of hydrogen-bond donors (Lipinski definition) is 1. The summed E-state index contributed by atoms with van der Waals surface area (Å²) in [5, 5.41) is 7.09. The molecule has 1 saturated heterocycles. The van der Waals surface area contributed by atoms with Gasteiger partial charge in [0.2, 0.25) is 5.91 Å². The smallest absolute Gasteiger partial charge is 0.220 e. The van der Waals surface area contributed by atoms with Crippen LogP contribution in [0, 0.1) is 0 Å². The quantitative estimate of drug-likeness (QED) is 0.884. The molecule has 6 nitrogen and oxygen atoms in total. The predicted molar refractivity (Wildman–Crippen MR) is 81.4 cm³/mol. The highest BCUT2D eigenvalue weighted by molar-refractivity contribution is 5.75. The minimum atomic E-state index is 0.0629. The molecule has 0 bridgehead atoms. The number of rotatable bonds is 6. The molecule has 0 aromatic carbocycles. The summed E-state index contributed by atoms with van der Waals surface area (Å²) in [5.41, 5.74) is 1.01. The number of ether oxygens (including phenoxy) is 1. The Labute approximate surface area is 129 Å². The van der Waals surface area contributed by atoms with Gasteiger partial charge in [0.05, 0.1) is 6.10 Å². The number of hydrogen-bond acceptors (Lipinski definition) is 4. The molecule has 1 fully saturated rings. The number of carbonyl (C=O) groups excluding carboxylic acids is 1. The third-order valence-corrected chi connectivity index (χ3v) is 3.76. The Morgan fingerprint density at radius 2 is 2.41 bits per heavy atom. The Morgan fingerprint density at radius 1 is 1.45 bits per heavy atom. The maximum absolute atomic E-state index is 11.9. The van der Waals surface area contributed by atoms with Gasteiger partial charge in [-0.15, -0.1) is 0 Å². The van der Waals surface area contributed by atoms with Gasteiger partial charge in [-0.2, -0.15) is 5.10 Å². The molecule has 116 valence electrons. The summed E-state index contributed by atoms with van der Waals surface area (Å²) in [6.45, 7) is 1.33. The lowest BCUT2D eigenvalue weighted by Crippen LogP contribution is -2.24. The van der Waals surface area contributed by atoms with E-state index in [-0.39, 0.29) is 12.0 Å². The van der Waals surface area contributed by atoms with Crippen LogP contribution >= 0.6 is 0 Å². The molecule has 1 unspecified atom stereocenters. The molecular formula is C16H20N4O2. The predicted octanol–water partition coefficient (Wildman–Crippen LogP) is 1.84. The fraction of sp³-hybridized carbons (Fsp3) is 0.438. The first-order valence-electron chi connectivity index (χ1n) is 7.64. The maximum atomic E-state index is 11.9. The average molecular weight is 300 g/mol. The van der Waals surface area contributed by atoms with Crippen molar-refractivity contribution < 1.29 is 9.53 Å². The highest BCUT2D eigenvalue weighted by Gasteiger charge is 2.16. The van der Waals surface area contributed by atoms with Crippen LogP contribution in [0.3, 0.4) is 0 Å². The summed E-state index contributed by atoms with van der Waals surface area (Å²) in [6, 6.07) is 5.67. The second kappa shape index (κ2) is 7.17. The summed E-state index contributed by atoms with van der Waals surface area (Å²) in [5.74, 6) is 0.809. The molecule has 1 amide bonds. The van der Waals surface area contributed by atoms with Crippen LogP contribution in [0.5, 0.6) is 0 Å². The van der Waals surface area contributed by atoms with Crippen molar-refractivity contribution >= 4 is 5.91 Å². The van der Waals surface area contributed by atoms with E-state index in [9.17, 15) is 4.79 Å². The van der Waals surface area contributed by atoms with E-state index in [1.54, 1.807) is 17.1 Å². The van der Waals surface area contributed by atoms with Crippen LogP contribution in [0.25, 0.3) is 5.82 Å². The van der Waals surface area contributed by atoms with Crippen molar-refractivity contribution in [2.45, 2.75) is 38.3 Å². The van der Waals surface area contributed by atoms with Gasteiger partial charge in [-0.3, -0.25) is 4.79 Å². The first kappa shape index (κ1) is 14.7. The number of amides is 1. The molecule has 0 radical (unpaired) electrons. The fourth-order valence-electron chi connectivity index (χ4n) is 2.55. The minimum absolute atomic E-state index is 0.0629. The van der Waals surface area contributed by atoms with Gasteiger partial charge in [0.25, 0.3) is 0 Å². The van der Waals surface area contributed by atoms with E-state index in [1.165, 1.54) is 0 Å². The van der Waals surface area contributed by atoms with E-state index in [2.05, 4.69) is 15.4 Å². The van der Waals surface area contributed by atoms with Gasteiger partial charge in [0, 0.05) is 38.2 Å². The monoisotopic (exact) mass is 300 g/mol. The third-order valence-electron chi connectivity index (χ3n) is 3.76. The Morgan fingerprint density at radius 3 is 3.18 bits per heavy atom. The summed E-state index contributed by atoms with van der Waals surface area (Å²) in [4.78, 5) is 16.2. The molecule has 1 N–H and O–H groups in total. The Balaban J connectivity index is 1.48. The highest BCUT2D eigenvalue weighted by Crippen LogP contribution is 2.16. The minimum Gasteiger partial charge on any atom is -0.378 e. The molecule has 3 rings (SSSR count). The number of aromatic nitrogens is 3. The lowest BCUT2D eigenvalue weighted by atomic mass is 10.1. The molecular weight excluding hydrogens is 280 g/mol. The molecule has 6 heteroatoms. The molecule has 0 saturated carbocycles. The molecule has 2 aromatic rings. The summed E-state index contributed by atoms with van der Waals surface area (Å²) < 4.78 is 7.22. The van der Waals surface area contributed by atoms with E-state index in [0.717, 1.165) is 37.3 Å². The van der Waals surface area contributed by atoms with Crippen molar-refractivity contribution in [1.82, 2.24) is 20.1 Å². The lowest BCUT2D eigenvalue weighted by molar-refractivity contribution is -0.121. The van der Waals surface area contributed by atoms with Crippen LogP contribution in [0.4, 0.5) is 0 Å². The van der Waals surface area contributed by atoms with Crippen LogP contribution in [0.2, 0.25) is 0 Å². The Kier molecular flexibility index (Phi) is 4.80. The number of nitrogens with zero attached hydrogens (tertiary/aromatic N) is 3. The molecule has 3 heterocycles. The number of nitrogens with one attached hydrogen (secondary N) is 1. The largest absolute Gasteiger partial charge is 0.378 e. The lowest BCUT2D eigenvalue weighted by Gasteiger charge is -2.10. The molecule has 1 aliphatic heterocycles. The van der Waals surface area contributed by atoms with Crippen molar-refractivity contribution in [3.8, 4) is 5.82 Å². The second-order valence-electron chi connectivity index (χ2n) is 5.42. The first-order valence-corrected chi connectivity index (χ1v) is 7.64. The third kappa shape index (κ3) is 3.92. The molecule has 0 spiro atoms. The van der Waals surface area contributed by atoms with Gasteiger partial charge in [0.15, 0.2) is 5.82 Å². The summed E-state index contributed by atoms with van der Waals surface area (Å²) in [6.07, 6.45) is 9.05. The molecule has 2 aromatic heterocycles. The van der Waals surface area contributed by atoms with E-state index in [0.29, 0.717) is 13.0 Å². The van der Waals surface area contributed by atoms with Crippen LogP contribution in [0.15, 0.2) is 36.8 Å². The Hall–Kier alpha value is -2.21. The maximum Gasteiger partial charge on any atom is 0.220 e. The zero-order valence-corrected chi connectivity index (χ0v) is 12.4. The summed E-state index contributed by atoms with van der Waals surface area (Å²) >= 11 is 0. The standard InChI is InChI=1S/C16H20N4O2/c21-16(5-4-14-3-1-10-22-14)18-12-13-6-8-17-15(11-13)20-9-2-7-19-20/h2,6-9,11,14H,1,3-5,10,12H2,(H,18,21). The molecule has 0 aliphatic carbocycles. The topological polar surface area (TPSA) is 69.0 Å². The van der Waals surface area contributed by atoms with Gasteiger partial charge in [0.1, 0.15) is 0 Å². The second-order valence-corrected chi connectivity index (χ2v) is 5.42. The van der Waals surface area contributed by atoms with E-state index >= 15 is 0 Å². The van der Waals surface area contributed by atoms with Gasteiger partial charge < -0.3 is 10.1 Å². The van der Waals surface area contributed by atoms with E-state index in [1.807, 2.05) is 24.4 Å². The SMILES string of the molecule is O=C(CCC1CCCO1)NCc1ccnc(-n2cccn2)c1. The normalized spacial score (nSPS) is 17.5. The zero-order valence-electron chi connectivity index (χ0n) is 12.4. The van der Waals surface area contributed by atoms with Crippen LogP contribution < -0.4 is 5.32 Å². The zero-order chi connectivity index (χ0) is 15.2. The van der Waals surface area contributed by atoms with E-state index in [4.69, 9.17) is 4.74 Å². The first-order chi connectivity index (χ1) is 10.8. The van der Waals surface area contributed by atoms with Crippen LogP contribution in [-0.4, -0.2) is 33.4 Å². The molecule has 1 aliphatic rings. The summed E-state index contributed by atoms with van der Waals surface area (Å²) in [7, 11) is 0. The van der Waals surface area contributed by atoms with Crippen molar-refractivity contribution in [3.05, 3.63) is 42.4 Å². The van der Waals surface area contributed by atoms with Crippen molar-refractivity contribution in [2.75, 3.05) is 6.61 Å². The molecule has 1 atom stereocenters. The Bertz CT molecular complexity index is 606. The molecule has 22 heavy (non-hydrogen) atoms. The number of carbonyl (C=O) groups is 1. The van der Waals surface area contributed by atoms with Crippen molar-refractivity contribution in [2.24, 2.45) is 0 Å². The highest BCUT2D eigenvalue weighted by atomic mass is 16.5. The van der Waals surface area contributed by atoms with Crippen molar-refractivity contribution in [1.29, 1.82) is 0 Å². The average Bonchev–Trinajstić information content (AvgIpc) is 3.24.